The van der Waals surface area contributed by atoms with Crippen molar-refractivity contribution in [3.8, 4) is 11.5 Å². The van der Waals surface area contributed by atoms with E-state index in [1.807, 2.05) is 6.07 Å². The minimum Gasteiger partial charge on any atom is -0.486 e. The number of carbonyl (C=O) groups is 2. The molecule has 0 fully saturated rings. The Labute approximate surface area is 152 Å². The third-order valence-electron chi connectivity index (χ3n) is 3.68. The molecule has 134 valence electrons. The molecule has 2 N–H and O–H groups in total. The van der Waals surface area contributed by atoms with E-state index in [0.717, 1.165) is 10.2 Å². The van der Waals surface area contributed by atoms with Crippen molar-refractivity contribution in [1.82, 2.24) is 10.3 Å². The quantitative estimate of drug-likeness (QED) is 0.712. The van der Waals surface area contributed by atoms with Crippen LogP contribution in [0.2, 0.25) is 0 Å². The number of furan rings is 1. The van der Waals surface area contributed by atoms with Crippen LogP contribution in [0.25, 0.3) is 10.2 Å². The molecule has 4 rings (SSSR count). The lowest BCUT2D eigenvalue weighted by atomic mass is 10.3. The lowest BCUT2D eigenvalue weighted by molar-refractivity contribution is -0.116. The maximum atomic E-state index is 12.0. The number of nitrogens with one attached hydrogen (secondary N) is 2. The van der Waals surface area contributed by atoms with E-state index in [0.29, 0.717) is 29.8 Å². The summed E-state index contributed by atoms with van der Waals surface area (Å²) in [5.74, 6) is 0.970. The van der Waals surface area contributed by atoms with Crippen molar-refractivity contribution in [1.29, 1.82) is 0 Å². The molecule has 8 nitrogen and oxygen atoms in total. The molecule has 0 atom stereocenters. The van der Waals surface area contributed by atoms with Crippen molar-refractivity contribution in [2.75, 3.05) is 25.1 Å². The average Bonchev–Trinajstić information content (AvgIpc) is 3.28. The minimum absolute atomic E-state index is 0.130. The van der Waals surface area contributed by atoms with E-state index in [2.05, 4.69) is 15.6 Å². The summed E-state index contributed by atoms with van der Waals surface area (Å²) in [6.07, 6.45) is 1.55. The first-order valence-electron chi connectivity index (χ1n) is 8.01. The molecule has 0 unspecified atom stereocenters. The number of rotatable bonds is 5. The minimum atomic E-state index is -0.353. The number of nitrogens with zero attached hydrogens (tertiary/aromatic N) is 1. The van der Waals surface area contributed by atoms with E-state index in [-0.39, 0.29) is 30.5 Å². The van der Waals surface area contributed by atoms with Gasteiger partial charge in [-0.2, -0.15) is 0 Å². The van der Waals surface area contributed by atoms with Gasteiger partial charge in [0.1, 0.15) is 13.2 Å². The molecule has 0 saturated heterocycles. The molecule has 1 aliphatic rings. The normalized spacial score (nSPS) is 12.8. The first-order valence-corrected chi connectivity index (χ1v) is 8.82. The Hall–Kier alpha value is -3.07. The average molecular weight is 373 g/mol. The second kappa shape index (κ2) is 7.04. The van der Waals surface area contributed by atoms with Crippen LogP contribution in [0.5, 0.6) is 11.5 Å². The molecule has 2 amide bonds. The van der Waals surface area contributed by atoms with E-state index in [1.165, 1.54) is 17.6 Å². The number of carbonyl (C=O) groups excluding carboxylic acids is 2. The van der Waals surface area contributed by atoms with Crippen LogP contribution in [0.15, 0.2) is 34.9 Å². The summed E-state index contributed by atoms with van der Waals surface area (Å²) in [5.41, 5.74) is 0.737. The second-order valence-electron chi connectivity index (χ2n) is 5.51. The largest absolute Gasteiger partial charge is 0.486 e. The van der Waals surface area contributed by atoms with Crippen LogP contribution in [-0.4, -0.2) is 36.6 Å². The molecular weight excluding hydrogens is 358 g/mol. The maximum Gasteiger partial charge on any atom is 0.286 e. The highest BCUT2D eigenvalue weighted by atomic mass is 32.1. The maximum absolute atomic E-state index is 12.0. The van der Waals surface area contributed by atoms with E-state index >= 15 is 0 Å². The number of thiazole rings is 1. The van der Waals surface area contributed by atoms with Crippen molar-refractivity contribution in [3.63, 3.8) is 0 Å². The predicted octanol–water partition coefficient (Wildman–Crippen LogP) is 2.42. The van der Waals surface area contributed by atoms with Crippen LogP contribution >= 0.6 is 11.3 Å². The fourth-order valence-electron chi connectivity index (χ4n) is 2.48. The molecule has 26 heavy (non-hydrogen) atoms. The molecule has 0 bridgehead atoms. The predicted molar refractivity (Wildman–Crippen MR) is 94.9 cm³/mol. The number of amides is 2. The SMILES string of the molecule is O=C(CCNC(=O)c1ccco1)Nc1nc2cc3c(cc2s1)OCCO3. The van der Waals surface area contributed by atoms with Gasteiger partial charge in [-0.25, -0.2) is 4.98 Å². The number of aromatic nitrogens is 1. The monoisotopic (exact) mass is 373 g/mol. The highest BCUT2D eigenvalue weighted by molar-refractivity contribution is 7.22. The van der Waals surface area contributed by atoms with Gasteiger partial charge >= 0.3 is 0 Å². The molecular formula is C17H15N3O5S. The zero-order valence-electron chi connectivity index (χ0n) is 13.6. The number of benzene rings is 1. The molecule has 0 radical (unpaired) electrons. The smallest absolute Gasteiger partial charge is 0.286 e. The molecule has 1 aliphatic heterocycles. The second-order valence-corrected chi connectivity index (χ2v) is 6.54. The number of hydrogen-bond acceptors (Lipinski definition) is 7. The summed E-state index contributed by atoms with van der Waals surface area (Å²) < 4.78 is 17.0. The van der Waals surface area contributed by atoms with Crippen LogP contribution in [0, 0.1) is 0 Å². The lowest BCUT2D eigenvalue weighted by Gasteiger charge is -2.17. The van der Waals surface area contributed by atoms with Crippen molar-refractivity contribution in [3.05, 3.63) is 36.3 Å². The summed E-state index contributed by atoms with van der Waals surface area (Å²) in [7, 11) is 0. The zero-order chi connectivity index (χ0) is 17.9. The number of anilines is 1. The molecule has 0 spiro atoms. The molecule has 3 aromatic rings. The van der Waals surface area contributed by atoms with Gasteiger partial charge in [0.2, 0.25) is 5.91 Å². The van der Waals surface area contributed by atoms with Crippen LogP contribution in [0.4, 0.5) is 5.13 Å². The number of ether oxygens (including phenoxy) is 2. The topological polar surface area (TPSA) is 103 Å². The molecule has 0 saturated carbocycles. The van der Waals surface area contributed by atoms with Crippen molar-refractivity contribution in [2.24, 2.45) is 0 Å². The third-order valence-corrected chi connectivity index (χ3v) is 4.61. The molecule has 9 heteroatoms. The molecule has 2 aromatic heterocycles. The van der Waals surface area contributed by atoms with Gasteiger partial charge in [0.25, 0.3) is 5.91 Å². The van der Waals surface area contributed by atoms with Gasteiger partial charge in [-0.15, -0.1) is 0 Å². The van der Waals surface area contributed by atoms with Gasteiger partial charge in [0, 0.05) is 25.1 Å². The van der Waals surface area contributed by atoms with Crippen molar-refractivity contribution < 1.29 is 23.5 Å². The van der Waals surface area contributed by atoms with Gasteiger partial charge in [-0.05, 0) is 12.1 Å². The van der Waals surface area contributed by atoms with Crippen molar-refractivity contribution >= 4 is 38.5 Å². The first kappa shape index (κ1) is 16.4. The Balaban J connectivity index is 1.34. The third kappa shape index (κ3) is 3.47. The van der Waals surface area contributed by atoms with Gasteiger partial charge in [-0.3, -0.25) is 9.59 Å². The fraction of sp³-hybridized carbons (Fsp3) is 0.235. The first-order chi connectivity index (χ1) is 12.7. The van der Waals surface area contributed by atoms with E-state index in [4.69, 9.17) is 13.9 Å². The summed E-state index contributed by atoms with van der Waals surface area (Å²) in [6, 6.07) is 6.85. The standard InChI is InChI=1S/C17H15N3O5S/c21-15(3-4-18-16(22)11-2-1-5-23-11)20-17-19-10-8-12-13(9-14(10)26-17)25-7-6-24-12/h1-2,5,8-9H,3-4,6-7H2,(H,18,22)(H,19,20,21). The summed E-state index contributed by atoms with van der Waals surface area (Å²) >= 11 is 1.36. The van der Waals surface area contributed by atoms with Gasteiger partial charge in [0.15, 0.2) is 22.4 Å². The van der Waals surface area contributed by atoms with Crippen LogP contribution in [0.1, 0.15) is 17.0 Å². The Bertz CT molecular complexity index is 908. The zero-order valence-corrected chi connectivity index (χ0v) is 14.4. The van der Waals surface area contributed by atoms with Crippen LogP contribution < -0.4 is 20.1 Å². The van der Waals surface area contributed by atoms with E-state index in [9.17, 15) is 9.59 Å². The summed E-state index contributed by atoms with van der Waals surface area (Å²) in [6.45, 7) is 1.23. The fourth-order valence-corrected chi connectivity index (χ4v) is 3.38. The lowest BCUT2D eigenvalue weighted by Crippen LogP contribution is -2.27. The highest BCUT2D eigenvalue weighted by Gasteiger charge is 2.16. The Morgan fingerprint density at radius 2 is 2.00 bits per heavy atom. The Morgan fingerprint density at radius 3 is 2.77 bits per heavy atom. The molecule has 0 aliphatic carbocycles. The summed E-state index contributed by atoms with van der Waals surface area (Å²) in [4.78, 5) is 28.2. The van der Waals surface area contributed by atoms with Gasteiger partial charge in [0.05, 0.1) is 16.5 Å². The van der Waals surface area contributed by atoms with E-state index in [1.54, 1.807) is 18.2 Å². The molecule has 1 aromatic carbocycles. The number of hydrogen-bond donors (Lipinski definition) is 2. The van der Waals surface area contributed by atoms with Gasteiger partial charge < -0.3 is 24.5 Å². The van der Waals surface area contributed by atoms with E-state index < -0.39 is 0 Å². The van der Waals surface area contributed by atoms with Crippen LogP contribution in [0.3, 0.4) is 0 Å². The Kier molecular flexibility index (Phi) is 4.44. The van der Waals surface area contributed by atoms with Crippen molar-refractivity contribution in [2.45, 2.75) is 6.42 Å². The Morgan fingerprint density at radius 1 is 1.19 bits per heavy atom. The van der Waals surface area contributed by atoms with Crippen LogP contribution in [-0.2, 0) is 4.79 Å². The highest BCUT2D eigenvalue weighted by Crippen LogP contribution is 2.37. The number of fused-ring (bicyclic) bond motifs is 2. The molecule has 3 heterocycles. The summed E-state index contributed by atoms with van der Waals surface area (Å²) in [5, 5.41) is 5.85. The van der Waals surface area contributed by atoms with Gasteiger partial charge in [-0.1, -0.05) is 11.3 Å².